The predicted molar refractivity (Wildman–Crippen MR) is 87.3 cm³/mol. The molecule has 0 aliphatic carbocycles. The molecule has 1 amide bonds. The van der Waals surface area contributed by atoms with Gasteiger partial charge in [0.05, 0.1) is 16.9 Å². The Labute approximate surface area is 136 Å². The topological polar surface area (TPSA) is 89.3 Å². The van der Waals surface area contributed by atoms with Gasteiger partial charge in [-0.25, -0.2) is 13.4 Å². The number of hydrogen-bond donors (Lipinski definition) is 1. The van der Waals surface area contributed by atoms with E-state index in [0.29, 0.717) is 10.8 Å². The van der Waals surface area contributed by atoms with E-state index in [4.69, 9.17) is 4.42 Å². The van der Waals surface area contributed by atoms with E-state index in [1.807, 2.05) is 0 Å². The maximum absolute atomic E-state index is 11.9. The molecule has 0 unspecified atom stereocenters. The van der Waals surface area contributed by atoms with Gasteiger partial charge in [0.1, 0.15) is 0 Å². The van der Waals surface area contributed by atoms with Gasteiger partial charge in [0.15, 0.2) is 20.7 Å². The Balaban J connectivity index is 1.78. The number of benzene rings is 1. The van der Waals surface area contributed by atoms with E-state index in [0.717, 1.165) is 11.8 Å². The maximum atomic E-state index is 11.9. The molecule has 0 atom stereocenters. The van der Waals surface area contributed by atoms with Crippen LogP contribution < -0.4 is 5.32 Å². The monoisotopic (exact) mass is 348 g/mol. The molecule has 0 aliphatic rings. The highest BCUT2D eigenvalue weighted by Gasteiger charge is 2.12. The fourth-order valence-electron chi connectivity index (χ4n) is 1.90. The van der Waals surface area contributed by atoms with E-state index < -0.39 is 9.84 Å². The molecule has 8 heteroatoms. The van der Waals surface area contributed by atoms with Crippen molar-refractivity contribution in [1.29, 1.82) is 0 Å². The van der Waals surface area contributed by atoms with E-state index in [2.05, 4.69) is 10.3 Å². The number of carbonyl (C=O) groups is 1. The zero-order valence-corrected chi connectivity index (χ0v) is 13.6. The second-order valence-corrected chi connectivity index (χ2v) is 7.64. The van der Waals surface area contributed by atoms with Crippen LogP contribution in [-0.4, -0.2) is 25.6 Å². The van der Waals surface area contributed by atoms with Crippen molar-refractivity contribution in [2.75, 3.05) is 11.6 Å². The standard InChI is InChI=1S/C15H12N2O4S2/c1-23(19,20)11-6-4-10(5-7-11)12-9-22-15(16-12)17-14(18)13-3-2-8-21-13/h2-9H,1H3,(H,16,17,18). The number of aromatic nitrogens is 1. The first-order valence-corrected chi connectivity index (χ1v) is 9.31. The van der Waals surface area contributed by atoms with Crippen LogP contribution in [-0.2, 0) is 9.84 Å². The Morgan fingerprint density at radius 3 is 2.57 bits per heavy atom. The van der Waals surface area contributed by atoms with Gasteiger partial charge in [0, 0.05) is 17.2 Å². The number of sulfone groups is 1. The molecule has 3 rings (SSSR count). The van der Waals surface area contributed by atoms with Crippen molar-refractivity contribution < 1.29 is 17.6 Å². The van der Waals surface area contributed by atoms with Gasteiger partial charge in [-0.2, -0.15) is 0 Å². The lowest BCUT2D eigenvalue weighted by Crippen LogP contribution is -2.10. The first-order valence-electron chi connectivity index (χ1n) is 6.54. The molecule has 3 aromatic rings. The Bertz CT molecular complexity index is 926. The second-order valence-electron chi connectivity index (χ2n) is 4.77. The van der Waals surface area contributed by atoms with Crippen LogP contribution in [0.25, 0.3) is 11.3 Å². The number of thiazole rings is 1. The second kappa shape index (κ2) is 5.98. The van der Waals surface area contributed by atoms with Crippen LogP contribution in [0.5, 0.6) is 0 Å². The fraction of sp³-hybridized carbons (Fsp3) is 0.0667. The van der Waals surface area contributed by atoms with Gasteiger partial charge < -0.3 is 4.42 Å². The van der Waals surface area contributed by atoms with Crippen molar-refractivity contribution in [3.05, 3.63) is 53.8 Å². The van der Waals surface area contributed by atoms with Crippen LogP contribution in [0.2, 0.25) is 0 Å². The molecule has 0 bridgehead atoms. The first kappa shape index (κ1) is 15.4. The largest absolute Gasteiger partial charge is 0.459 e. The summed E-state index contributed by atoms with van der Waals surface area (Å²) in [5, 5.41) is 4.87. The molecule has 23 heavy (non-hydrogen) atoms. The van der Waals surface area contributed by atoms with Crippen molar-refractivity contribution in [1.82, 2.24) is 4.98 Å². The third-order valence-electron chi connectivity index (χ3n) is 3.05. The molecule has 0 saturated heterocycles. The quantitative estimate of drug-likeness (QED) is 0.783. The van der Waals surface area contributed by atoms with Crippen molar-refractivity contribution in [3.8, 4) is 11.3 Å². The fourth-order valence-corrected chi connectivity index (χ4v) is 3.25. The number of anilines is 1. The Kier molecular flexibility index (Phi) is 4.01. The molecule has 0 fully saturated rings. The van der Waals surface area contributed by atoms with Crippen LogP contribution in [0, 0.1) is 0 Å². The zero-order chi connectivity index (χ0) is 16.4. The Hall–Kier alpha value is -2.45. The van der Waals surface area contributed by atoms with Gasteiger partial charge in [-0.15, -0.1) is 11.3 Å². The van der Waals surface area contributed by atoms with Crippen LogP contribution in [0.3, 0.4) is 0 Å². The summed E-state index contributed by atoms with van der Waals surface area (Å²) in [5.41, 5.74) is 1.43. The van der Waals surface area contributed by atoms with E-state index in [-0.39, 0.29) is 16.6 Å². The molecular formula is C15H12N2O4S2. The number of carbonyl (C=O) groups excluding carboxylic acids is 1. The number of nitrogens with zero attached hydrogens (tertiary/aromatic N) is 1. The minimum absolute atomic E-state index is 0.208. The number of amides is 1. The van der Waals surface area contributed by atoms with Gasteiger partial charge in [0.25, 0.3) is 5.91 Å². The smallest absolute Gasteiger partial charge is 0.293 e. The third kappa shape index (κ3) is 3.49. The van der Waals surface area contributed by atoms with Crippen LogP contribution >= 0.6 is 11.3 Å². The molecule has 1 N–H and O–H groups in total. The van der Waals surface area contributed by atoms with Gasteiger partial charge in [-0.3, -0.25) is 10.1 Å². The number of rotatable bonds is 4. The highest BCUT2D eigenvalue weighted by molar-refractivity contribution is 7.90. The maximum Gasteiger partial charge on any atom is 0.293 e. The van der Waals surface area contributed by atoms with E-state index in [9.17, 15) is 13.2 Å². The number of furan rings is 1. The molecule has 2 aromatic heterocycles. The average Bonchev–Trinajstić information content (AvgIpc) is 3.18. The summed E-state index contributed by atoms with van der Waals surface area (Å²) in [6.45, 7) is 0. The minimum Gasteiger partial charge on any atom is -0.459 e. The summed E-state index contributed by atoms with van der Waals surface area (Å²) in [5.74, 6) is -0.164. The van der Waals surface area contributed by atoms with Crippen molar-refractivity contribution in [2.45, 2.75) is 4.90 Å². The lowest BCUT2D eigenvalue weighted by atomic mass is 10.2. The Morgan fingerprint density at radius 1 is 1.22 bits per heavy atom. The predicted octanol–water partition coefficient (Wildman–Crippen LogP) is 3.06. The molecule has 0 saturated carbocycles. The zero-order valence-electron chi connectivity index (χ0n) is 12.0. The molecular weight excluding hydrogens is 336 g/mol. The summed E-state index contributed by atoms with van der Waals surface area (Å²) >= 11 is 1.28. The van der Waals surface area contributed by atoms with Crippen LogP contribution in [0.15, 0.2) is 57.4 Å². The highest BCUT2D eigenvalue weighted by atomic mass is 32.2. The van der Waals surface area contributed by atoms with Gasteiger partial charge in [-0.1, -0.05) is 12.1 Å². The number of nitrogens with one attached hydrogen (secondary N) is 1. The lowest BCUT2D eigenvalue weighted by molar-refractivity contribution is 0.0996. The minimum atomic E-state index is -3.22. The van der Waals surface area contributed by atoms with E-state index >= 15 is 0 Å². The number of hydrogen-bond acceptors (Lipinski definition) is 6. The van der Waals surface area contributed by atoms with Crippen molar-refractivity contribution in [2.24, 2.45) is 0 Å². The van der Waals surface area contributed by atoms with E-state index in [1.54, 1.807) is 29.6 Å². The van der Waals surface area contributed by atoms with Gasteiger partial charge >= 0.3 is 0 Å². The highest BCUT2D eigenvalue weighted by Crippen LogP contribution is 2.26. The lowest BCUT2D eigenvalue weighted by Gasteiger charge is -2.00. The summed E-state index contributed by atoms with van der Waals surface area (Å²) in [4.78, 5) is 16.4. The molecule has 0 spiro atoms. The van der Waals surface area contributed by atoms with Crippen molar-refractivity contribution in [3.63, 3.8) is 0 Å². The third-order valence-corrected chi connectivity index (χ3v) is 4.93. The van der Waals surface area contributed by atoms with Gasteiger partial charge in [0.2, 0.25) is 0 Å². The molecule has 2 heterocycles. The summed E-state index contributed by atoms with van der Waals surface area (Å²) < 4.78 is 27.9. The Morgan fingerprint density at radius 2 is 1.96 bits per heavy atom. The van der Waals surface area contributed by atoms with Crippen LogP contribution in [0.4, 0.5) is 5.13 Å². The van der Waals surface area contributed by atoms with Gasteiger partial charge in [-0.05, 0) is 24.3 Å². The average molecular weight is 348 g/mol. The van der Waals surface area contributed by atoms with Crippen LogP contribution in [0.1, 0.15) is 10.6 Å². The normalized spacial score (nSPS) is 11.3. The summed E-state index contributed by atoms with van der Waals surface area (Å²) in [6.07, 6.45) is 2.58. The first-order chi connectivity index (χ1) is 10.9. The molecule has 1 aromatic carbocycles. The van der Waals surface area contributed by atoms with Crippen molar-refractivity contribution >= 4 is 32.2 Å². The van der Waals surface area contributed by atoms with E-state index in [1.165, 1.54) is 29.7 Å². The molecule has 0 radical (unpaired) electrons. The summed E-state index contributed by atoms with van der Waals surface area (Å²) in [6, 6.07) is 9.63. The summed E-state index contributed by atoms with van der Waals surface area (Å²) in [7, 11) is -3.22. The molecule has 6 nitrogen and oxygen atoms in total. The molecule has 118 valence electrons. The molecule has 0 aliphatic heterocycles. The SMILES string of the molecule is CS(=O)(=O)c1ccc(-c2csc(NC(=O)c3ccco3)n2)cc1.